The molecule has 0 radical (unpaired) electrons. The summed E-state index contributed by atoms with van der Waals surface area (Å²) in [6, 6.07) is 0. The summed E-state index contributed by atoms with van der Waals surface area (Å²) in [7, 11) is -0.647. The van der Waals surface area contributed by atoms with Gasteiger partial charge in [0.2, 0.25) is 0 Å². The fraction of sp³-hybridized carbons (Fsp3) is 0.667. The smallest absolute Gasteiger partial charge is 0.333 e. The molecule has 1 amide bonds. The number of hydrogen-bond donors (Lipinski definition) is 1. The number of nitrogens with zero attached hydrogens (tertiary/aromatic N) is 1. The number of oxime groups is 1. The number of hydrogen-bond acceptors (Lipinski definition) is 6. The number of primary amides is 1. The number of carbonyl (C=O) groups is 1. The first-order chi connectivity index (χ1) is 6.43. The SMILES string of the molecule is COP(=O)(CC(C)=NOC(N)=O)OC. The molecule has 0 aliphatic rings. The quantitative estimate of drug-likeness (QED) is 0.324. The monoisotopic (exact) mass is 224 g/mol. The van der Waals surface area contributed by atoms with Crippen LogP contribution in [0.3, 0.4) is 0 Å². The van der Waals surface area contributed by atoms with E-state index in [1.807, 2.05) is 0 Å². The molecule has 0 saturated carbocycles. The number of nitrogens with two attached hydrogens (primary N) is 1. The highest BCUT2D eigenvalue weighted by atomic mass is 31.2. The van der Waals surface area contributed by atoms with Gasteiger partial charge in [-0.25, -0.2) is 4.79 Å². The lowest BCUT2D eigenvalue weighted by Gasteiger charge is -2.12. The normalized spacial score (nSPS) is 12.6. The van der Waals surface area contributed by atoms with Crippen LogP contribution < -0.4 is 5.73 Å². The Morgan fingerprint density at radius 1 is 1.43 bits per heavy atom. The Balaban J connectivity index is 4.29. The molecule has 0 saturated heterocycles. The molecule has 0 rings (SSSR count). The van der Waals surface area contributed by atoms with Crippen LogP contribution in [-0.4, -0.2) is 32.2 Å². The Hall–Kier alpha value is -0.910. The zero-order valence-corrected chi connectivity index (χ0v) is 9.11. The molecule has 0 heterocycles. The van der Waals surface area contributed by atoms with E-state index in [9.17, 15) is 9.36 Å². The van der Waals surface area contributed by atoms with Crippen LogP contribution in [0.4, 0.5) is 4.79 Å². The Morgan fingerprint density at radius 3 is 2.29 bits per heavy atom. The van der Waals surface area contributed by atoms with Gasteiger partial charge >= 0.3 is 13.7 Å². The fourth-order valence-electron chi connectivity index (χ4n) is 0.636. The summed E-state index contributed by atoms with van der Waals surface area (Å²) in [6.45, 7) is 1.51. The van der Waals surface area contributed by atoms with Gasteiger partial charge in [-0.1, -0.05) is 5.16 Å². The molecule has 0 aromatic rings. The molecule has 0 unspecified atom stereocenters. The molecule has 0 bridgehead atoms. The molecule has 82 valence electrons. The minimum atomic E-state index is -3.16. The summed E-state index contributed by atoms with van der Waals surface area (Å²) in [5.74, 6) is 0. The topological polar surface area (TPSA) is 100 Å². The van der Waals surface area contributed by atoms with E-state index < -0.39 is 13.7 Å². The third-order valence-electron chi connectivity index (χ3n) is 1.27. The number of rotatable bonds is 5. The molecule has 0 aliphatic heterocycles. The molecule has 0 aliphatic carbocycles. The fourth-order valence-corrected chi connectivity index (χ4v) is 1.66. The molecule has 7 nitrogen and oxygen atoms in total. The van der Waals surface area contributed by atoms with E-state index in [0.29, 0.717) is 0 Å². The Labute approximate surface area is 81.7 Å². The van der Waals surface area contributed by atoms with Gasteiger partial charge in [0.1, 0.15) is 0 Å². The van der Waals surface area contributed by atoms with Gasteiger partial charge in [-0.2, -0.15) is 0 Å². The first kappa shape index (κ1) is 13.1. The third-order valence-corrected chi connectivity index (χ3v) is 3.23. The average molecular weight is 224 g/mol. The molecule has 0 spiro atoms. The maximum atomic E-state index is 11.5. The van der Waals surface area contributed by atoms with Gasteiger partial charge in [0.05, 0.1) is 11.9 Å². The Bertz CT molecular complexity index is 269. The van der Waals surface area contributed by atoms with Crippen molar-refractivity contribution in [2.45, 2.75) is 6.92 Å². The van der Waals surface area contributed by atoms with E-state index in [4.69, 9.17) is 0 Å². The van der Waals surface area contributed by atoms with Crippen LogP contribution in [-0.2, 0) is 18.5 Å². The maximum Gasteiger partial charge on any atom is 0.430 e. The van der Waals surface area contributed by atoms with E-state index in [1.54, 1.807) is 0 Å². The highest BCUT2D eigenvalue weighted by Gasteiger charge is 2.22. The van der Waals surface area contributed by atoms with Crippen molar-refractivity contribution in [2.75, 3.05) is 20.4 Å². The van der Waals surface area contributed by atoms with Crippen molar-refractivity contribution < 1.29 is 23.2 Å². The third kappa shape index (κ3) is 4.96. The molecule has 0 fully saturated rings. The summed E-state index contributed by atoms with van der Waals surface area (Å²) >= 11 is 0. The van der Waals surface area contributed by atoms with E-state index in [2.05, 4.69) is 24.8 Å². The molecular weight excluding hydrogens is 211 g/mol. The van der Waals surface area contributed by atoms with Gasteiger partial charge < -0.3 is 14.8 Å². The van der Waals surface area contributed by atoms with Crippen molar-refractivity contribution in [2.24, 2.45) is 10.9 Å². The van der Waals surface area contributed by atoms with Gasteiger partial charge in [0.15, 0.2) is 0 Å². The second kappa shape index (κ2) is 5.74. The minimum Gasteiger partial charge on any atom is -0.333 e. The van der Waals surface area contributed by atoms with Crippen LogP contribution in [0.2, 0.25) is 0 Å². The lowest BCUT2D eigenvalue weighted by atomic mass is 10.5. The van der Waals surface area contributed by atoms with Gasteiger partial charge in [0.25, 0.3) is 0 Å². The first-order valence-corrected chi connectivity index (χ1v) is 5.37. The lowest BCUT2D eigenvalue weighted by Crippen LogP contribution is -2.12. The zero-order valence-electron chi connectivity index (χ0n) is 8.22. The predicted molar refractivity (Wildman–Crippen MR) is 50.3 cm³/mol. The summed E-state index contributed by atoms with van der Waals surface area (Å²) in [4.78, 5) is 14.3. The van der Waals surface area contributed by atoms with Crippen LogP contribution in [0.15, 0.2) is 5.16 Å². The molecule has 2 N–H and O–H groups in total. The first-order valence-electron chi connectivity index (χ1n) is 3.64. The van der Waals surface area contributed by atoms with Gasteiger partial charge in [-0.3, -0.25) is 9.40 Å². The maximum absolute atomic E-state index is 11.5. The van der Waals surface area contributed by atoms with Gasteiger partial charge in [-0.15, -0.1) is 0 Å². The second-order valence-electron chi connectivity index (χ2n) is 2.37. The number of carbonyl (C=O) groups excluding carboxylic acids is 1. The molecular formula is C6H13N2O5P. The van der Waals surface area contributed by atoms with Crippen molar-refractivity contribution in [1.82, 2.24) is 0 Å². The van der Waals surface area contributed by atoms with Crippen molar-refractivity contribution >= 4 is 19.4 Å². The average Bonchev–Trinajstić information content (AvgIpc) is 2.14. The van der Waals surface area contributed by atoms with Gasteiger partial charge in [-0.05, 0) is 6.92 Å². The zero-order chi connectivity index (χ0) is 11.2. The van der Waals surface area contributed by atoms with Crippen LogP contribution in [0, 0.1) is 0 Å². The molecule has 8 heteroatoms. The van der Waals surface area contributed by atoms with Crippen molar-refractivity contribution in [3.05, 3.63) is 0 Å². The highest BCUT2D eigenvalue weighted by Crippen LogP contribution is 2.46. The second-order valence-corrected chi connectivity index (χ2v) is 4.64. The largest absolute Gasteiger partial charge is 0.430 e. The van der Waals surface area contributed by atoms with Crippen LogP contribution in [0.25, 0.3) is 0 Å². The summed E-state index contributed by atoms with van der Waals surface area (Å²) in [5.41, 5.74) is 4.96. The predicted octanol–water partition coefficient (Wildman–Crippen LogP) is 0.943. The van der Waals surface area contributed by atoms with Crippen molar-refractivity contribution in [3.63, 3.8) is 0 Å². The van der Waals surface area contributed by atoms with Crippen LogP contribution >= 0.6 is 7.60 Å². The van der Waals surface area contributed by atoms with E-state index in [0.717, 1.165) is 0 Å². The summed E-state index contributed by atoms with van der Waals surface area (Å²) in [5, 5.41) is 3.31. The Kier molecular flexibility index (Phi) is 5.37. The lowest BCUT2D eigenvalue weighted by molar-refractivity contribution is 0.161. The molecule has 14 heavy (non-hydrogen) atoms. The van der Waals surface area contributed by atoms with E-state index in [-0.39, 0.29) is 11.9 Å². The number of amides is 1. The minimum absolute atomic E-state index is 0.0622. The van der Waals surface area contributed by atoms with E-state index >= 15 is 0 Å². The highest BCUT2D eigenvalue weighted by molar-refractivity contribution is 7.54. The molecule has 0 atom stereocenters. The van der Waals surface area contributed by atoms with Crippen molar-refractivity contribution in [3.8, 4) is 0 Å². The van der Waals surface area contributed by atoms with E-state index in [1.165, 1.54) is 21.1 Å². The Morgan fingerprint density at radius 2 is 1.93 bits per heavy atom. The summed E-state index contributed by atoms with van der Waals surface area (Å²) in [6.07, 6.45) is -1.10. The molecule has 0 aromatic heterocycles. The van der Waals surface area contributed by atoms with Gasteiger partial charge in [0, 0.05) is 14.2 Å². The van der Waals surface area contributed by atoms with Crippen LogP contribution in [0.5, 0.6) is 0 Å². The standard InChI is InChI=1S/C6H13N2O5P/c1-5(8-13-6(7)9)4-14(10,11-2)12-3/h4H2,1-3H3,(H2,7,9). The van der Waals surface area contributed by atoms with Crippen molar-refractivity contribution in [1.29, 1.82) is 0 Å². The molecule has 0 aromatic carbocycles. The summed E-state index contributed by atoms with van der Waals surface area (Å²) < 4.78 is 20.8. The van der Waals surface area contributed by atoms with Crippen LogP contribution in [0.1, 0.15) is 6.92 Å².